The molecule has 232 valence electrons. The number of hydrogen-bond donors (Lipinski definition) is 2. The number of thiophene rings is 1. The second-order valence-electron chi connectivity index (χ2n) is 11.5. The molecule has 0 unspecified atom stereocenters. The van der Waals surface area contributed by atoms with Gasteiger partial charge in [0.05, 0.1) is 42.2 Å². The first-order chi connectivity index (χ1) is 21.9. The maximum absolute atomic E-state index is 13.7. The van der Waals surface area contributed by atoms with Crippen molar-refractivity contribution >= 4 is 56.5 Å². The predicted molar refractivity (Wildman–Crippen MR) is 173 cm³/mol. The number of rotatable bonds is 7. The van der Waals surface area contributed by atoms with E-state index in [-0.39, 0.29) is 23.9 Å². The van der Waals surface area contributed by atoms with Crippen molar-refractivity contribution in [1.82, 2.24) is 20.1 Å². The first kappa shape index (κ1) is 29.2. The predicted octanol–water partition coefficient (Wildman–Crippen LogP) is 5.13. The molecule has 2 saturated heterocycles. The van der Waals surface area contributed by atoms with Crippen LogP contribution < -0.4 is 20.3 Å². The Kier molecular flexibility index (Phi) is 8.09. The Morgan fingerprint density at radius 1 is 1.07 bits per heavy atom. The fourth-order valence-corrected chi connectivity index (χ4v) is 7.20. The van der Waals surface area contributed by atoms with Crippen LogP contribution in [0.3, 0.4) is 0 Å². The largest absolute Gasteiger partial charge is 0.457 e. The molecule has 1 atom stereocenters. The van der Waals surface area contributed by atoms with Crippen LogP contribution in [0.25, 0.3) is 10.2 Å². The van der Waals surface area contributed by atoms with Gasteiger partial charge in [-0.15, -0.1) is 11.3 Å². The molecule has 0 saturated carbocycles. The third-order valence-electron chi connectivity index (χ3n) is 8.41. The lowest BCUT2D eigenvalue weighted by atomic mass is 10.0. The van der Waals surface area contributed by atoms with E-state index in [9.17, 15) is 14.4 Å². The molecule has 4 aromatic rings. The number of nitrogens with zero attached hydrogens (tertiary/aromatic N) is 4. The summed E-state index contributed by atoms with van der Waals surface area (Å²) in [7, 11) is 0. The number of hydrogen-bond acceptors (Lipinski definition) is 8. The molecule has 2 N–H and O–H groups in total. The smallest absolute Gasteiger partial charge is 0.331 e. The van der Waals surface area contributed by atoms with Gasteiger partial charge in [-0.05, 0) is 61.7 Å². The van der Waals surface area contributed by atoms with E-state index in [1.54, 1.807) is 17.2 Å². The maximum atomic E-state index is 13.7. The normalized spacial score (nSPS) is 18.5. The first-order valence-corrected chi connectivity index (χ1v) is 16.0. The maximum Gasteiger partial charge on any atom is 0.331 e. The summed E-state index contributed by atoms with van der Waals surface area (Å²) in [5.74, 6) is 1.19. The molecule has 2 aromatic heterocycles. The second-order valence-corrected chi connectivity index (χ2v) is 12.5. The van der Waals surface area contributed by atoms with Crippen molar-refractivity contribution in [2.24, 2.45) is 0 Å². The minimum Gasteiger partial charge on any atom is -0.457 e. The van der Waals surface area contributed by atoms with E-state index in [4.69, 9.17) is 9.47 Å². The van der Waals surface area contributed by atoms with Crippen molar-refractivity contribution < 1.29 is 23.9 Å². The molecule has 11 nitrogen and oxygen atoms in total. The number of nitrogens with one attached hydrogen (secondary N) is 2. The van der Waals surface area contributed by atoms with Crippen LogP contribution >= 0.6 is 11.3 Å². The van der Waals surface area contributed by atoms with Gasteiger partial charge in [-0.2, -0.15) is 0 Å². The summed E-state index contributed by atoms with van der Waals surface area (Å²) in [4.78, 5) is 51.5. The summed E-state index contributed by atoms with van der Waals surface area (Å²) < 4.78 is 11.4. The highest BCUT2D eigenvalue weighted by Crippen LogP contribution is 2.46. The Labute approximate surface area is 264 Å². The van der Waals surface area contributed by atoms with Crippen molar-refractivity contribution in [2.45, 2.75) is 25.8 Å². The van der Waals surface area contributed by atoms with Crippen molar-refractivity contribution in [3.63, 3.8) is 0 Å². The summed E-state index contributed by atoms with van der Waals surface area (Å²) in [6.07, 6.45) is 3.25. The van der Waals surface area contributed by atoms with Gasteiger partial charge >= 0.3 is 6.03 Å². The number of anilines is 3. The van der Waals surface area contributed by atoms with Crippen LogP contribution in [0.5, 0.6) is 11.5 Å². The van der Waals surface area contributed by atoms with Gasteiger partial charge in [0.1, 0.15) is 21.2 Å². The highest BCUT2D eigenvalue weighted by Gasteiger charge is 2.34. The number of benzene rings is 2. The Morgan fingerprint density at radius 3 is 2.69 bits per heavy atom. The molecule has 0 radical (unpaired) electrons. The molecular weight excluding hydrogens is 592 g/mol. The van der Waals surface area contributed by atoms with E-state index in [1.165, 1.54) is 11.3 Å². The second kappa shape index (κ2) is 12.5. The van der Waals surface area contributed by atoms with Crippen molar-refractivity contribution in [3.8, 4) is 11.5 Å². The van der Waals surface area contributed by atoms with Gasteiger partial charge in [0.25, 0.3) is 5.91 Å². The molecule has 3 aliphatic rings. The third kappa shape index (κ3) is 5.96. The molecule has 0 aliphatic carbocycles. The SMILES string of the molecule is Cc1cc(Oc2ccccc2)ccc1N1C(=O)Nc2c(C(=O)N[C@@H]3CCCN(C(=O)CN4CCOCC4)C3)sc3nccc1c23. The number of urea groups is 1. The van der Waals surface area contributed by atoms with Crippen molar-refractivity contribution in [1.29, 1.82) is 0 Å². The first-order valence-electron chi connectivity index (χ1n) is 15.2. The Hall–Kier alpha value is -4.52. The van der Waals surface area contributed by atoms with Gasteiger partial charge in [-0.1, -0.05) is 18.2 Å². The Morgan fingerprint density at radius 2 is 1.89 bits per heavy atom. The van der Waals surface area contributed by atoms with E-state index in [0.29, 0.717) is 65.4 Å². The molecule has 4 amide bonds. The lowest BCUT2D eigenvalue weighted by molar-refractivity contribution is -0.134. The summed E-state index contributed by atoms with van der Waals surface area (Å²) in [6, 6.07) is 16.4. The topological polar surface area (TPSA) is 116 Å². The van der Waals surface area contributed by atoms with E-state index in [1.807, 2.05) is 60.4 Å². The quantitative estimate of drug-likeness (QED) is 0.292. The van der Waals surface area contributed by atoms with Gasteiger partial charge in [0, 0.05) is 38.4 Å². The zero-order valence-corrected chi connectivity index (χ0v) is 25.8. The van der Waals surface area contributed by atoms with Gasteiger partial charge in [-0.3, -0.25) is 19.4 Å². The van der Waals surface area contributed by atoms with E-state index in [0.717, 1.165) is 42.6 Å². The average Bonchev–Trinajstić information content (AvgIpc) is 3.42. The summed E-state index contributed by atoms with van der Waals surface area (Å²) in [5, 5.41) is 6.84. The molecule has 0 bridgehead atoms. The van der Waals surface area contributed by atoms with Gasteiger partial charge in [0.2, 0.25) is 5.91 Å². The number of amides is 4. The molecular formula is C33H34N6O5S. The number of pyridine rings is 1. The monoisotopic (exact) mass is 626 g/mol. The van der Waals surface area contributed by atoms with E-state index in [2.05, 4.69) is 20.5 Å². The lowest BCUT2D eigenvalue weighted by Gasteiger charge is -2.35. The van der Waals surface area contributed by atoms with Gasteiger partial charge < -0.3 is 25.0 Å². The molecule has 0 spiro atoms. The molecule has 2 fully saturated rings. The third-order valence-corrected chi connectivity index (χ3v) is 9.51. The number of morpholine rings is 1. The van der Waals surface area contributed by atoms with Crippen LogP contribution in [0.1, 0.15) is 28.1 Å². The van der Waals surface area contributed by atoms with Gasteiger partial charge in [0.15, 0.2) is 0 Å². The number of carbonyl (C=O) groups excluding carboxylic acids is 3. The highest BCUT2D eigenvalue weighted by atomic mass is 32.1. The fraction of sp³-hybridized carbons (Fsp3) is 0.333. The highest BCUT2D eigenvalue weighted by molar-refractivity contribution is 7.21. The van der Waals surface area contributed by atoms with E-state index >= 15 is 0 Å². The van der Waals surface area contributed by atoms with Crippen molar-refractivity contribution in [3.05, 3.63) is 71.2 Å². The minimum absolute atomic E-state index is 0.0731. The zero-order chi connectivity index (χ0) is 30.9. The molecule has 12 heteroatoms. The van der Waals surface area contributed by atoms with Gasteiger partial charge in [-0.25, -0.2) is 9.78 Å². The van der Waals surface area contributed by atoms with E-state index < -0.39 is 0 Å². The fourth-order valence-electron chi connectivity index (χ4n) is 6.17. The van der Waals surface area contributed by atoms with Crippen LogP contribution in [0.4, 0.5) is 21.9 Å². The van der Waals surface area contributed by atoms with Crippen LogP contribution in [0.2, 0.25) is 0 Å². The van der Waals surface area contributed by atoms with Crippen LogP contribution in [0.15, 0.2) is 60.8 Å². The molecule has 7 rings (SSSR count). The van der Waals surface area contributed by atoms with Crippen LogP contribution in [0, 0.1) is 6.92 Å². The molecule has 3 aliphatic heterocycles. The minimum atomic E-state index is -0.361. The summed E-state index contributed by atoms with van der Waals surface area (Å²) in [5.41, 5.74) is 2.68. The van der Waals surface area contributed by atoms with Crippen LogP contribution in [-0.2, 0) is 9.53 Å². The number of aromatic nitrogens is 1. The number of para-hydroxylation sites is 1. The number of aryl methyl sites for hydroxylation is 1. The molecule has 5 heterocycles. The number of ether oxygens (including phenoxy) is 2. The average molecular weight is 627 g/mol. The number of piperidine rings is 1. The zero-order valence-electron chi connectivity index (χ0n) is 25.0. The Bertz CT molecular complexity index is 1760. The van der Waals surface area contributed by atoms with Crippen LogP contribution in [-0.4, -0.2) is 84.6 Å². The standard InChI is InChI=1S/C33H34N6O5S/c1-21-18-24(44-23-7-3-2-4-8-23)9-10-25(21)39-26-11-12-34-32-28(26)29(36-33(39)42)30(45-32)31(41)35-22-6-5-13-38(19-22)27(40)20-37-14-16-43-17-15-37/h2-4,7-12,18,22H,5-6,13-17,19-20H2,1H3,(H,35,41)(H,36,42)/t22-/m1/s1. The summed E-state index contributed by atoms with van der Waals surface area (Å²) >= 11 is 1.25. The Balaban J connectivity index is 1.09. The van der Waals surface area contributed by atoms with Crippen molar-refractivity contribution in [2.75, 3.05) is 56.2 Å². The molecule has 45 heavy (non-hydrogen) atoms. The number of carbonyl (C=O) groups is 3. The number of likely N-dealkylation sites (tertiary alicyclic amines) is 1. The summed E-state index contributed by atoms with van der Waals surface area (Å²) in [6.45, 7) is 6.23. The molecule has 2 aromatic carbocycles. The lowest BCUT2D eigenvalue weighted by Crippen LogP contribution is -2.52.